The van der Waals surface area contributed by atoms with Gasteiger partial charge in [-0.25, -0.2) is 8.42 Å². The first-order chi connectivity index (χ1) is 13.4. The number of hydrogen-bond donors (Lipinski definition) is 0. The molecule has 2 aromatic rings. The Morgan fingerprint density at radius 1 is 1.04 bits per heavy atom. The highest BCUT2D eigenvalue weighted by molar-refractivity contribution is 7.85. The monoisotopic (exact) mass is 393 g/mol. The lowest BCUT2D eigenvalue weighted by molar-refractivity contribution is 0.460. The topological polar surface area (TPSA) is 57.2 Å². The lowest BCUT2D eigenvalue weighted by Gasteiger charge is -2.32. The van der Waals surface area contributed by atoms with E-state index in [2.05, 4.69) is 43.3 Å². The highest BCUT2D eigenvalue weighted by Crippen LogP contribution is 2.47. The van der Waals surface area contributed by atoms with Crippen LogP contribution in [0.2, 0.25) is 0 Å². The summed E-state index contributed by atoms with van der Waals surface area (Å²) in [6.45, 7) is 4.01. The van der Waals surface area contributed by atoms with E-state index in [1.54, 1.807) is 6.07 Å². The minimum atomic E-state index is -4.53. The van der Waals surface area contributed by atoms with Crippen molar-refractivity contribution in [3.05, 3.63) is 88.0 Å². The molecule has 0 fully saturated rings. The van der Waals surface area contributed by atoms with Gasteiger partial charge in [0.1, 0.15) is 10.1 Å². The number of benzene rings is 2. The van der Waals surface area contributed by atoms with Crippen LogP contribution in [0.15, 0.2) is 70.7 Å². The molecule has 0 N–H and O–H groups in total. The Labute approximate surface area is 167 Å². The molecule has 2 aliphatic carbocycles. The van der Waals surface area contributed by atoms with Crippen molar-refractivity contribution in [2.75, 3.05) is 0 Å². The van der Waals surface area contributed by atoms with Crippen molar-refractivity contribution < 1.29 is 13.0 Å². The van der Waals surface area contributed by atoms with E-state index in [4.69, 9.17) is 0 Å². The van der Waals surface area contributed by atoms with E-state index in [9.17, 15) is 13.0 Å². The van der Waals surface area contributed by atoms with Crippen molar-refractivity contribution in [2.24, 2.45) is 0 Å². The maximum atomic E-state index is 12.0. The first-order valence-electron chi connectivity index (χ1n) is 9.86. The summed E-state index contributed by atoms with van der Waals surface area (Å²) in [6.07, 6.45) is 8.36. The van der Waals surface area contributed by atoms with E-state index >= 15 is 0 Å². The van der Waals surface area contributed by atoms with Gasteiger partial charge in [-0.3, -0.25) is 0 Å². The molecule has 0 aliphatic heterocycles. The second-order valence-electron chi connectivity index (χ2n) is 7.97. The van der Waals surface area contributed by atoms with Crippen LogP contribution in [0.5, 0.6) is 0 Å². The molecule has 3 nitrogen and oxygen atoms in total. The van der Waals surface area contributed by atoms with Gasteiger partial charge in [-0.05, 0) is 61.3 Å². The van der Waals surface area contributed by atoms with Crippen LogP contribution in [-0.4, -0.2) is 13.0 Å². The smallest absolute Gasteiger partial charge is 0.124 e. The molecular weight excluding hydrogens is 368 g/mol. The molecule has 2 aliphatic rings. The summed E-state index contributed by atoms with van der Waals surface area (Å²) in [7, 11) is -4.53. The zero-order chi connectivity index (χ0) is 19.9. The van der Waals surface area contributed by atoms with Crippen LogP contribution in [0.3, 0.4) is 0 Å². The largest absolute Gasteiger partial charge is 0.744 e. The van der Waals surface area contributed by atoms with Crippen LogP contribution < -0.4 is 0 Å². The molecule has 0 saturated heterocycles. The molecule has 0 radical (unpaired) electrons. The normalized spacial score (nSPS) is 20.3. The third-order valence-corrected chi connectivity index (χ3v) is 7.12. The van der Waals surface area contributed by atoms with Crippen LogP contribution in [0.25, 0.3) is 0 Å². The summed E-state index contributed by atoms with van der Waals surface area (Å²) < 4.78 is 35.9. The average Bonchev–Trinajstić information content (AvgIpc) is 2.83. The molecular formula is C24H25O3S-. The van der Waals surface area contributed by atoms with E-state index in [-0.39, 0.29) is 16.7 Å². The van der Waals surface area contributed by atoms with E-state index < -0.39 is 10.1 Å². The van der Waals surface area contributed by atoms with E-state index in [0.717, 1.165) is 31.2 Å². The second kappa shape index (κ2) is 7.34. The van der Waals surface area contributed by atoms with Gasteiger partial charge in [0.05, 0.1) is 4.90 Å². The quantitative estimate of drug-likeness (QED) is 0.520. The Morgan fingerprint density at radius 3 is 2.57 bits per heavy atom. The third-order valence-electron chi connectivity index (χ3n) is 6.21. The molecule has 4 heteroatoms. The van der Waals surface area contributed by atoms with E-state index in [0.29, 0.717) is 5.56 Å². The molecule has 28 heavy (non-hydrogen) atoms. The summed E-state index contributed by atoms with van der Waals surface area (Å²) in [6, 6.07) is 13.5. The van der Waals surface area contributed by atoms with E-state index in [1.807, 2.05) is 13.0 Å². The number of allylic oxidation sites excluding steroid dienone is 4. The molecule has 2 unspecified atom stereocenters. The molecule has 2 atom stereocenters. The molecule has 146 valence electrons. The first-order valence-corrected chi connectivity index (χ1v) is 11.3. The van der Waals surface area contributed by atoms with Crippen LogP contribution in [-0.2, 0) is 16.5 Å². The molecule has 0 amide bonds. The Hall–Kier alpha value is -2.17. The van der Waals surface area contributed by atoms with Gasteiger partial charge >= 0.3 is 0 Å². The maximum absolute atomic E-state index is 12.0. The fourth-order valence-corrected chi connectivity index (χ4v) is 5.63. The summed E-state index contributed by atoms with van der Waals surface area (Å²) >= 11 is 0. The van der Waals surface area contributed by atoms with Crippen molar-refractivity contribution in [3.8, 4) is 0 Å². The molecule has 4 rings (SSSR count). The molecule has 0 aromatic heterocycles. The van der Waals surface area contributed by atoms with Crippen molar-refractivity contribution in [2.45, 2.75) is 56.3 Å². The molecule has 0 heterocycles. The summed E-state index contributed by atoms with van der Waals surface area (Å²) in [5.74, 6) is -0.0182. The Morgan fingerprint density at radius 2 is 1.79 bits per heavy atom. The zero-order valence-corrected chi connectivity index (χ0v) is 17.1. The second-order valence-corrected chi connectivity index (χ2v) is 9.32. The minimum Gasteiger partial charge on any atom is -0.744 e. The lowest BCUT2D eigenvalue weighted by atomic mass is 9.74. The fourth-order valence-electron chi connectivity index (χ4n) is 4.86. The van der Waals surface area contributed by atoms with Gasteiger partial charge in [0.15, 0.2) is 0 Å². The van der Waals surface area contributed by atoms with Gasteiger partial charge in [0.2, 0.25) is 0 Å². The van der Waals surface area contributed by atoms with Gasteiger partial charge < -0.3 is 4.55 Å². The number of hydrogen-bond acceptors (Lipinski definition) is 3. The van der Waals surface area contributed by atoms with Crippen LogP contribution in [0, 0.1) is 6.92 Å². The van der Waals surface area contributed by atoms with Crippen LogP contribution >= 0.6 is 0 Å². The lowest BCUT2D eigenvalue weighted by Crippen LogP contribution is -2.17. The minimum absolute atomic E-state index is 0.0826. The summed E-state index contributed by atoms with van der Waals surface area (Å²) in [5, 5.41) is 0. The van der Waals surface area contributed by atoms with Crippen molar-refractivity contribution in [3.63, 3.8) is 0 Å². The van der Waals surface area contributed by atoms with Gasteiger partial charge in [0, 0.05) is 5.92 Å². The molecule has 0 bridgehead atoms. The van der Waals surface area contributed by atoms with E-state index in [1.165, 1.54) is 28.3 Å². The highest BCUT2D eigenvalue weighted by Gasteiger charge is 2.32. The zero-order valence-electron chi connectivity index (χ0n) is 16.3. The van der Waals surface area contributed by atoms with Crippen LogP contribution in [0.1, 0.15) is 60.3 Å². The predicted octanol–water partition coefficient (Wildman–Crippen LogP) is 5.38. The maximum Gasteiger partial charge on any atom is 0.124 e. The SMILES string of the molecule is Cc1ccc(S(=O)(=O)[O-])c(C(C)C2C3=C(CC=CC3)CCc3ccccc32)c1. The van der Waals surface area contributed by atoms with Gasteiger partial charge in [0.25, 0.3) is 0 Å². The number of aryl methyl sites for hydroxylation is 2. The molecule has 2 aromatic carbocycles. The fraction of sp³-hybridized carbons (Fsp3) is 0.333. The number of rotatable bonds is 3. The predicted molar refractivity (Wildman–Crippen MR) is 110 cm³/mol. The molecule has 0 saturated carbocycles. The average molecular weight is 394 g/mol. The third kappa shape index (κ3) is 3.47. The van der Waals surface area contributed by atoms with Crippen molar-refractivity contribution in [1.29, 1.82) is 0 Å². The highest BCUT2D eigenvalue weighted by atomic mass is 32.2. The van der Waals surface area contributed by atoms with Crippen LogP contribution in [0.4, 0.5) is 0 Å². The van der Waals surface area contributed by atoms with Gasteiger partial charge in [-0.15, -0.1) is 0 Å². The van der Waals surface area contributed by atoms with Crippen molar-refractivity contribution >= 4 is 10.1 Å². The van der Waals surface area contributed by atoms with Gasteiger partial charge in [-0.2, -0.15) is 0 Å². The van der Waals surface area contributed by atoms with Crippen molar-refractivity contribution in [1.82, 2.24) is 0 Å². The Balaban J connectivity index is 1.92. The Bertz CT molecular complexity index is 1080. The summed E-state index contributed by atoms with van der Waals surface area (Å²) in [4.78, 5) is -0.0826. The van der Waals surface area contributed by atoms with Gasteiger partial charge in [-0.1, -0.05) is 72.2 Å². The first kappa shape index (κ1) is 19.2. The summed E-state index contributed by atoms with van der Waals surface area (Å²) in [5.41, 5.74) is 7.07. The standard InChI is InChI=1S/C24H26O3S/c1-16-11-14-23(28(25,26)27)22(15-16)17(2)24-20-9-5-3-7-18(20)12-13-19-8-4-6-10-21(19)24/h3-7,9,11,14-15,17,24H,8,10,12-13H2,1-2H3,(H,25,26,27)/p-1. The Kier molecular flexibility index (Phi) is 5.02. The molecule has 0 spiro atoms. The number of fused-ring (bicyclic) bond motifs is 1.